The zero-order valence-corrected chi connectivity index (χ0v) is 21.2. The molecule has 0 unspecified atom stereocenters. The molecule has 5 rings (SSSR count). The number of fused-ring (bicyclic) bond motifs is 1. The van der Waals surface area contributed by atoms with Crippen molar-refractivity contribution in [1.29, 1.82) is 0 Å². The molecule has 2 saturated heterocycles. The van der Waals surface area contributed by atoms with Gasteiger partial charge in [0.1, 0.15) is 0 Å². The highest BCUT2D eigenvalue weighted by Gasteiger charge is 2.22. The number of thiazole rings is 1. The van der Waals surface area contributed by atoms with E-state index in [2.05, 4.69) is 36.7 Å². The molecule has 2 aliphatic rings. The third kappa shape index (κ3) is 5.31. The summed E-state index contributed by atoms with van der Waals surface area (Å²) in [6.45, 7) is 9.79. The lowest BCUT2D eigenvalue weighted by Crippen LogP contribution is -2.42. The molecule has 0 spiro atoms. The second-order valence-electron chi connectivity index (χ2n) is 8.00. The molecular formula is C21H27N7O2S3. The van der Waals surface area contributed by atoms with Crippen LogP contribution in [0.25, 0.3) is 20.9 Å². The number of nitrogens with zero attached hydrogens (tertiary/aromatic N) is 6. The van der Waals surface area contributed by atoms with Crippen LogP contribution < -0.4 is 10.2 Å². The second kappa shape index (κ2) is 10.2. The van der Waals surface area contributed by atoms with Gasteiger partial charge < -0.3 is 15.0 Å². The Balaban J connectivity index is 1.46. The van der Waals surface area contributed by atoms with E-state index in [4.69, 9.17) is 14.7 Å². The number of amides is 1. The third-order valence-electron chi connectivity index (χ3n) is 5.69. The summed E-state index contributed by atoms with van der Waals surface area (Å²) in [6.07, 6.45) is 3.88. The van der Waals surface area contributed by atoms with Gasteiger partial charge >= 0.3 is 0 Å². The molecule has 0 saturated carbocycles. The van der Waals surface area contributed by atoms with Crippen LogP contribution in [-0.4, -0.2) is 88.8 Å². The molecule has 176 valence electrons. The molecule has 3 aromatic heterocycles. The highest BCUT2D eigenvalue weighted by molar-refractivity contribution is 7.96. The lowest BCUT2D eigenvalue weighted by molar-refractivity contribution is -0.114. The maximum Gasteiger partial charge on any atom is 0.223 e. The van der Waals surface area contributed by atoms with Crippen molar-refractivity contribution < 1.29 is 9.53 Å². The van der Waals surface area contributed by atoms with E-state index in [0.29, 0.717) is 24.2 Å². The number of rotatable bonds is 6. The van der Waals surface area contributed by atoms with E-state index in [1.807, 2.05) is 11.9 Å². The monoisotopic (exact) mass is 505 g/mol. The van der Waals surface area contributed by atoms with Crippen LogP contribution in [-0.2, 0) is 16.1 Å². The number of nitrogens with one attached hydrogen (secondary N) is 1. The number of aromatic nitrogens is 3. The highest BCUT2D eigenvalue weighted by Crippen LogP contribution is 2.36. The van der Waals surface area contributed by atoms with E-state index >= 15 is 0 Å². The van der Waals surface area contributed by atoms with E-state index in [0.717, 1.165) is 66.7 Å². The van der Waals surface area contributed by atoms with Gasteiger partial charge in [-0.3, -0.25) is 9.69 Å². The molecule has 2 aliphatic heterocycles. The van der Waals surface area contributed by atoms with Crippen molar-refractivity contribution >= 4 is 61.7 Å². The molecule has 0 radical (unpaired) electrons. The molecule has 0 aliphatic carbocycles. The predicted molar refractivity (Wildman–Crippen MR) is 136 cm³/mol. The van der Waals surface area contributed by atoms with Gasteiger partial charge in [-0.05, 0) is 12.3 Å². The predicted octanol–water partition coefficient (Wildman–Crippen LogP) is 3.01. The van der Waals surface area contributed by atoms with Gasteiger partial charge in [0.05, 0.1) is 34.5 Å². The molecule has 1 amide bonds. The van der Waals surface area contributed by atoms with Gasteiger partial charge in [0.25, 0.3) is 0 Å². The molecule has 5 heterocycles. The number of hydrogen-bond acceptors (Lipinski definition) is 11. The average molecular weight is 506 g/mol. The summed E-state index contributed by atoms with van der Waals surface area (Å²) in [5, 5.41) is 3.30. The summed E-state index contributed by atoms with van der Waals surface area (Å²) in [5.41, 5.74) is 0.971. The van der Waals surface area contributed by atoms with Gasteiger partial charge in [0.2, 0.25) is 5.91 Å². The van der Waals surface area contributed by atoms with Crippen molar-refractivity contribution in [3.63, 3.8) is 0 Å². The summed E-state index contributed by atoms with van der Waals surface area (Å²) >= 11 is 5.02. The summed E-state index contributed by atoms with van der Waals surface area (Å²) in [4.78, 5) is 32.6. The minimum absolute atomic E-state index is 0.137. The van der Waals surface area contributed by atoms with Crippen LogP contribution in [0, 0.1) is 0 Å². The normalized spacial score (nSPS) is 18.2. The van der Waals surface area contributed by atoms with Gasteiger partial charge in [-0.2, -0.15) is 0 Å². The first kappa shape index (κ1) is 22.9. The Morgan fingerprint density at radius 2 is 1.94 bits per heavy atom. The van der Waals surface area contributed by atoms with E-state index in [-0.39, 0.29) is 5.91 Å². The van der Waals surface area contributed by atoms with Crippen LogP contribution in [0.4, 0.5) is 10.9 Å². The fraction of sp³-hybridized carbons (Fsp3) is 0.524. The summed E-state index contributed by atoms with van der Waals surface area (Å²) in [5.74, 6) is 1.48. The Labute approximate surface area is 205 Å². The average Bonchev–Trinajstić information content (AvgIpc) is 3.45. The largest absolute Gasteiger partial charge is 0.378 e. The number of carbonyl (C=O) groups excluding carboxylic acids is 1. The SMILES string of the molecule is CSN1CCN(Cc2cc3nc(-c4cnc(NC(C)=O)s4)nc(N4CCOCC4)c3s2)CC1. The van der Waals surface area contributed by atoms with Crippen LogP contribution in [0.2, 0.25) is 0 Å². The molecule has 0 atom stereocenters. The van der Waals surface area contributed by atoms with Crippen molar-refractivity contribution in [2.75, 3.05) is 69.0 Å². The summed E-state index contributed by atoms with van der Waals surface area (Å²) in [7, 11) is 0. The minimum atomic E-state index is -0.137. The van der Waals surface area contributed by atoms with Crippen LogP contribution in [0.5, 0.6) is 0 Å². The lowest BCUT2D eigenvalue weighted by Gasteiger charge is -2.32. The van der Waals surface area contributed by atoms with Crippen LogP contribution in [0.15, 0.2) is 12.3 Å². The number of ether oxygens (including phenoxy) is 1. The van der Waals surface area contributed by atoms with Crippen LogP contribution in [0.3, 0.4) is 0 Å². The zero-order valence-electron chi connectivity index (χ0n) is 18.7. The first-order valence-electron chi connectivity index (χ1n) is 11.0. The Morgan fingerprint density at radius 1 is 1.15 bits per heavy atom. The first-order valence-corrected chi connectivity index (χ1v) is 13.8. The van der Waals surface area contributed by atoms with E-state index in [1.165, 1.54) is 23.1 Å². The second-order valence-corrected chi connectivity index (χ2v) is 11.0. The molecule has 12 heteroatoms. The van der Waals surface area contributed by atoms with Crippen molar-refractivity contribution in [2.45, 2.75) is 13.5 Å². The quantitative estimate of drug-likeness (QED) is 0.508. The van der Waals surface area contributed by atoms with Crippen LogP contribution >= 0.6 is 34.6 Å². The Hall–Kier alpha value is -1.83. The van der Waals surface area contributed by atoms with Gasteiger partial charge in [-0.1, -0.05) is 23.3 Å². The number of carbonyl (C=O) groups is 1. The van der Waals surface area contributed by atoms with Crippen molar-refractivity contribution in [1.82, 2.24) is 24.2 Å². The van der Waals surface area contributed by atoms with Gasteiger partial charge in [0, 0.05) is 57.6 Å². The highest BCUT2D eigenvalue weighted by atomic mass is 32.2. The Bertz CT molecular complexity index is 1120. The first-order chi connectivity index (χ1) is 16.1. The van der Waals surface area contributed by atoms with Gasteiger partial charge in [-0.15, -0.1) is 11.3 Å². The third-order valence-corrected chi connectivity index (χ3v) is 8.59. The standard InChI is InChI=1S/C21H27N7O2S3/c1-14(29)23-21-22-12-17(33-21)19-24-16-11-15(13-26-3-5-28(31-2)6-4-26)32-18(16)20(25-19)27-7-9-30-10-8-27/h11-12H,3-10,13H2,1-2H3,(H,22,23,29). The van der Waals surface area contributed by atoms with Gasteiger partial charge in [0.15, 0.2) is 16.8 Å². The number of thiophene rings is 1. The maximum atomic E-state index is 11.4. The summed E-state index contributed by atoms with van der Waals surface area (Å²) < 4.78 is 9.12. The number of morpholine rings is 1. The summed E-state index contributed by atoms with van der Waals surface area (Å²) in [6, 6.07) is 2.21. The van der Waals surface area contributed by atoms with Gasteiger partial charge in [-0.25, -0.2) is 19.3 Å². The topological polar surface area (TPSA) is 86.7 Å². The molecule has 2 fully saturated rings. The maximum absolute atomic E-state index is 11.4. The number of piperazine rings is 1. The van der Waals surface area contributed by atoms with Crippen molar-refractivity contribution in [3.05, 3.63) is 17.1 Å². The zero-order chi connectivity index (χ0) is 22.8. The smallest absolute Gasteiger partial charge is 0.223 e. The lowest BCUT2D eigenvalue weighted by atomic mass is 10.3. The van der Waals surface area contributed by atoms with E-state index in [9.17, 15) is 4.79 Å². The Morgan fingerprint density at radius 3 is 2.67 bits per heavy atom. The fourth-order valence-corrected chi connectivity index (χ4v) is 6.50. The molecule has 33 heavy (non-hydrogen) atoms. The molecular weight excluding hydrogens is 478 g/mol. The molecule has 9 nitrogen and oxygen atoms in total. The fourth-order valence-electron chi connectivity index (χ4n) is 4.02. The van der Waals surface area contributed by atoms with Crippen molar-refractivity contribution in [2.24, 2.45) is 0 Å². The molecule has 0 bridgehead atoms. The Kier molecular flexibility index (Phi) is 7.09. The molecule has 3 aromatic rings. The number of hydrogen-bond donors (Lipinski definition) is 1. The number of anilines is 2. The molecule has 0 aromatic carbocycles. The van der Waals surface area contributed by atoms with Crippen molar-refractivity contribution in [3.8, 4) is 10.7 Å². The minimum Gasteiger partial charge on any atom is -0.378 e. The molecule has 1 N–H and O–H groups in total. The van der Waals surface area contributed by atoms with Crippen LogP contribution in [0.1, 0.15) is 11.8 Å². The van der Waals surface area contributed by atoms with E-state index in [1.54, 1.807) is 17.5 Å². The van der Waals surface area contributed by atoms with E-state index < -0.39 is 0 Å².